The molecule has 0 saturated heterocycles. The molecule has 1 aliphatic carbocycles. The van der Waals surface area contributed by atoms with Crippen molar-refractivity contribution < 1.29 is 36.2 Å². The van der Waals surface area contributed by atoms with Crippen molar-refractivity contribution in [3.8, 4) is 5.75 Å². The van der Waals surface area contributed by atoms with Crippen LogP contribution in [0.1, 0.15) is 55.1 Å². The molecule has 1 heterocycles. The molecule has 1 aliphatic rings. The lowest BCUT2D eigenvalue weighted by Crippen LogP contribution is -2.49. The fraction of sp³-hybridized carbons (Fsp3) is 0.355. The van der Waals surface area contributed by atoms with Gasteiger partial charge in [-0.2, -0.15) is 13.2 Å². The molecule has 1 aromatic heterocycles. The third kappa shape index (κ3) is 5.21. The van der Waals surface area contributed by atoms with E-state index in [4.69, 9.17) is 9.47 Å². The first-order valence-electron chi connectivity index (χ1n) is 13.6. The summed E-state index contributed by atoms with van der Waals surface area (Å²) in [6.45, 7) is 0. The van der Waals surface area contributed by atoms with Crippen LogP contribution in [0.2, 0.25) is 0 Å². The Kier molecular flexibility index (Phi) is 8.23. The van der Waals surface area contributed by atoms with Gasteiger partial charge in [0.25, 0.3) is 0 Å². The second-order valence-electron chi connectivity index (χ2n) is 10.3. The molecule has 42 heavy (non-hydrogen) atoms. The third-order valence-electron chi connectivity index (χ3n) is 7.82. The number of alkyl halides is 3. The Morgan fingerprint density at radius 1 is 0.952 bits per heavy atom. The molecule has 1 saturated carbocycles. The van der Waals surface area contributed by atoms with E-state index in [1.54, 1.807) is 30.3 Å². The van der Waals surface area contributed by atoms with Crippen LogP contribution in [0.4, 0.5) is 22.0 Å². The number of carbonyl (C=O) groups is 1. The number of fused-ring (bicyclic) bond motifs is 1. The predicted molar refractivity (Wildman–Crippen MR) is 146 cm³/mol. The van der Waals surface area contributed by atoms with Crippen LogP contribution in [0.15, 0.2) is 66.7 Å². The van der Waals surface area contributed by atoms with Gasteiger partial charge in [-0.3, -0.25) is 4.79 Å². The summed E-state index contributed by atoms with van der Waals surface area (Å²) in [5, 5.41) is 2.99. The monoisotopic (exact) mass is 587 g/mol. The summed E-state index contributed by atoms with van der Waals surface area (Å²) >= 11 is 0. The summed E-state index contributed by atoms with van der Waals surface area (Å²) in [6.07, 6.45) is -0.856. The SMILES string of the molecule is COc1ccc(C(C(=O)NC2CCCCC2)n2c([C@](OC)(c3ccccc3)C(F)(F)F)nc3cc(F)c(F)cc32)cc1. The standard InChI is InChI=1S/C31H30F5N3O3/c1-41-22-15-13-19(14-16-22)27(28(40)37-21-11-7-4-8-12-21)39-26-18-24(33)23(32)17-25(26)38-29(39)30(42-2,31(34,35)36)20-9-5-3-6-10-20/h3,5-6,9-10,13-18,21,27H,4,7-8,11-12H2,1-2H3,(H,37,40)/t27?,30-/m1/s1. The summed E-state index contributed by atoms with van der Waals surface area (Å²) in [5.41, 5.74) is -3.70. The molecule has 0 spiro atoms. The number of ether oxygens (including phenoxy) is 2. The van der Waals surface area contributed by atoms with Gasteiger partial charge in [-0.1, -0.05) is 61.7 Å². The number of amides is 1. The molecule has 0 bridgehead atoms. The van der Waals surface area contributed by atoms with Crippen LogP contribution >= 0.6 is 0 Å². The first kappa shape index (κ1) is 29.5. The lowest BCUT2D eigenvalue weighted by molar-refractivity contribution is -0.262. The summed E-state index contributed by atoms with van der Waals surface area (Å²) in [7, 11) is 2.34. The second kappa shape index (κ2) is 11.7. The predicted octanol–water partition coefficient (Wildman–Crippen LogP) is 6.81. The summed E-state index contributed by atoms with van der Waals surface area (Å²) in [5.74, 6) is -3.49. The maximum atomic E-state index is 15.3. The number of methoxy groups -OCH3 is 2. The number of aromatic nitrogens is 2. The summed E-state index contributed by atoms with van der Waals surface area (Å²) in [6, 6.07) is 12.9. The highest BCUT2D eigenvalue weighted by atomic mass is 19.4. The molecule has 1 amide bonds. The van der Waals surface area contributed by atoms with Gasteiger partial charge in [0, 0.05) is 30.8 Å². The first-order chi connectivity index (χ1) is 20.1. The van der Waals surface area contributed by atoms with Crippen molar-refractivity contribution in [1.82, 2.24) is 14.9 Å². The number of nitrogens with one attached hydrogen (secondary N) is 1. The molecule has 1 N–H and O–H groups in total. The smallest absolute Gasteiger partial charge is 0.429 e. The van der Waals surface area contributed by atoms with E-state index in [9.17, 15) is 13.6 Å². The molecule has 222 valence electrons. The molecule has 3 aromatic carbocycles. The number of rotatable bonds is 8. The van der Waals surface area contributed by atoms with E-state index in [-0.39, 0.29) is 28.2 Å². The Hall–Kier alpha value is -3.99. The van der Waals surface area contributed by atoms with Crippen molar-refractivity contribution in [3.63, 3.8) is 0 Å². The van der Waals surface area contributed by atoms with Crippen LogP contribution in [0.5, 0.6) is 5.75 Å². The Labute approximate surface area is 239 Å². The van der Waals surface area contributed by atoms with Gasteiger partial charge in [0.2, 0.25) is 11.5 Å². The molecule has 1 fully saturated rings. The highest BCUT2D eigenvalue weighted by molar-refractivity contribution is 5.87. The fourth-order valence-corrected chi connectivity index (χ4v) is 5.75. The highest BCUT2D eigenvalue weighted by Gasteiger charge is 2.61. The van der Waals surface area contributed by atoms with Crippen LogP contribution in [-0.4, -0.2) is 41.9 Å². The van der Waals surface area contributed by atoms with Crippen molar-refractivity contribution in [2.24, 2.45) is 0 Å². The summed E-state index contributed by atoms with van der Waals surface area (Å²) < 4.78 is 86.6. The van der Waals surface area contributed by atoms with E-state index >= 15 is 13.2 Å². The number of nitrogens with zero attached hydrogens (tertiary/aromatic N) is 2. The van der Waals surface area contributed by atoms with Crippen LogP contribution in [0.25, 0.3) is 11.0 Å². The molecule has 0 aliphatic heterocycles. The van der Waals surface area contributed by atoms with E-state index in [1.807, 2.05) is 0 Å². The number of hydrogen-bond donors (Lipinski definition) is 1. The molecular formula is C31H30F5N3O3. The van der Waals surface area contributed by atoms with Crippen molar-refractivity contribution in [2.75, 3.05) is 14.2 Å². The highest BCUT2D eigenvalue weighted by Crippen LogP contribution is 2.48. The number of imidazole rings is 1. The minimum absolute atomic E-state index is 0.191. The lowest BCUT2D eigenvalue weighted by atomic mass is 9.90. The molecule has 2 atom stereocenters. The molecule has 5 rings (SSSR count). The van der Waals surface area contributed by atoms with Gasteiger partial charge in [-0.15, -0.1) is 0 Å². The van der Waals surface area contributed by atoms with E-state index in [0.29, 0.717) is 18.6 Å². The van der Waals surface area contributed by atoms with Crippen LogP contribution in [-0.2, 0) is 15.1 Å². The van der Waals surface area contributed by atoms with Crippen molar-refractivity contribution in [2.45, 2.75) is 56.0 Å². The van der Waals surface area contributed by atoms with Gasteiger partial charge < -0.3 is 19.4 Å². The minimum Gasteiger partial charge on any atom is -0.497 e. The Bertz CT molecular complexity index is 1550. The Morgan fingerprint density at radius 3 is 2.19 bits per heavy atom. The van der Waals surface area contributed by atoms with Crippen LogP contribution in [0, 0.1) is 11.6 Å². The Morgan fingerprint density at radius 2 is 1.60 bits per heavy atom. The normalized spacial score (nSPS) is 16.6. The topological polar surface area (TPSA) is 65.4 Å². The van der Waals surface area contributed by atoms with E-state index in [0.717, 1.165) is 43.1 Å². The van der Waals surface area contributed by atoms with Gasteiger partial charge in [0.15, 0.2) is 17.5 Å². The molecule has 1 unspecified atom stereocenters. The van der Waals surface area contributed by atoms with E-state index in [2.05, 4.69) is 10.3 Å². The number of halogens is 5. The zero-order valence-corrected chi connectivity index (χ0v) is 23.1. The molecule has 6 nitrogen and oxygen atoms in total. The first-order valence-corrected chi connectivity index (χ1v) is 13.6. The second-order valence-corrected chi connectivity index (χ2v) is 10.3. The van der Waals surface area contributed by atoms with Gasteiger partial charge >= 0.3 is 6.18 Å². The van der Waals surface area contributed by atoms with Gasteiger partial charge in [-0.25, -0.2) is 13.8 Å². The quantitative estimate of drug-likeness (QED) is 0.230. The minimum atomic E-state index is -5.11. The number of benzene rings is 3. The van der Waals surface area contributed by atoms with E-state index < -0.39 is 41.2 Å². The fourth-order valence-electron chi connectivity index (χ4n) is 5.75. The summed E-state index contributed by atoms with van der Waals surface area (Å²) in [4.78, 5) is 18.3. The maximum Gasteiger partial charge on any atom is 0.429 e. The number of hydrogen-bond acceptors (Lipinski definition) is 4. The van der Waals surface area contributed by atoms with Crippen molar-refractivity contribution in [3.05, 3.63) is 95.3 Å². The largest absolute Gasteiger partial charge is 0.497 e. The number of carbonyl (C=O) groups excluding carboxylic acids is 1. The molecule has 4 aromatic rings. The zero-order chi connectivity index (χ0) is 30.1. The van der Waals surface area contributed by atoms with Gasteiger partial charge in [0.1, 0.15) is 11.8 Å². The molecular weight excluding hydrogens is 557 g/mol. The Balaban J connectivity index is 1.84. The zero-order valence-electron chi connectivity index (χ0n) is 23.1. The lowest BCUT2D eigenvalue weighted by Gasteiger charge is -2.36. The van der Waals surface area contributed by atoms with Crippen molar-refractivity contribution >= 4 is 16.9 Å². The molecule has 11 heteroatoms. The third-order valence-corrected chi connectivity index (χ3v) is 7.82. The van der Waals surface area contributed by atoms with Gasteiger partial charge in [0.05, 0.1) is 18.1 Å². The van der Waals surface area contributed by atoms with Crippen LogP contribution in [0.3, 0.4) is 0 Å². The van der Waals surface area contributed by atoms with Gasteiger partial charge in [-0.05, 0) is 30.5 Å². The maximum absolute atomic E-state index is 15.3. The van der Waals surface area contributed by atoms with E-state index in [1.165, 1.54) is 31.4 Å². The van der Waals surface area contributed by atoms with Crippen LogP contribution < -0.4 is 10.1 Å². The average molecular weight is 588 g/mol. The molecule has 0 radical (unpaired) electrons. The van der Waals surface area contributed by atoms with Crippen molar-refractivity contribution in [1.29, 1.82) is 0 Å². The average Bonchev–Trinajstić information content (AvgIpc) is 3.32.